The first-order valence-corrected chi connectivity index (χ1v) is 2.39. The summed E-state index contributed by atoms with van der Waals surface area (Å²) >= 11 is 0. The Hall–Kier alpha value is -0.650. The van der Waals surface area contributed by atoms with E-state index in [-0.39, 0.29) is 13.3 Å². The Kier molecular flexibility index (Phi) is 5.09. The molecule has 0 rings (SSSR count). The van der Waals surface area contributed by atoms with Crippen LogP contribution in [0, 0.1) is 0 Å². The quantitative estimate of drug-likeness (QED) is 0.307. The number of rotatable bonds is 4. The van der Waals surface area contributed by atoms with E-state index in [1.54, 1.807) is 0 Å². The Morgan fingerprint density at radius 2 is 2.22 bits per heavy atom. The normalized spacial score (nSPS) is 9.11. The lowest BCUT2D eigenvalue weighted by Gasteiger charge is -1.98. The van der Waals surface area contributed by atoms with Crippen LogP contribution in [0.15, 0.2) is 0 Å². The van der Waals surface area contributed by atoms with Gasteiger partial charge in [-0.2, -0.15) is 0 Å². The number of esters is 1. The minimum absolute atomic E-state index is 0.0862. The highest BCUT2D eigenvalue weighted by Crippen LogP contribution is 1.70. The summed E-state index contributed by atoms with van der Waals surface area (Å²) in [6.07, 6.45) is 0. The molecule has 5 heteroatoms. The van der Waals surface area contributed by atoms with Gasteiger partial charge in [0, 0.05) is 0 Å². The molecule has 9 heavy (non-hydrogen) atoms. The topological polar surface area (TPSA) is 78.8 Å². The Bertz CT molecular complexity index is 84.6. The Morgan fingerprint density at radius 3 is 2.67 bits per heavy atom. The van der Waals surface area contributed by atoms with Crippen molar-refractivity contribution in [3.05, 3.63) is 0 Å². The fourth-order valence-electron chi connectivity index (χ4n) is 0.281. The van der Waals surface area contributed by atoms with Gasteiger partial charge in [0.05, 0.1) is 13.3 Å². The van der Waals surface area contributed by atoms with Gasteiger partial charge in [-0.25, -0.2) is 0 Å². The monoisotopic (exact) mass is 135 g/mol. The molecule has 0 heterocycles. The van der Waals surface area contributed by atoms with Gasteiger partial charge in [0.25, 0.3) is 0 Å². The van der Waals surface area contributed by atoms with Crippen LogP contribution in [0.2, 0.25) is 0 Å². The molecule has 0 amide bonds. The maximum absolute atomic E-state index is 10.2. The van der Waals surface area contributed by atoms with Crippen molar-refractivity contribution in [1.29, 1.82) is 0 Å². The lowest BCUT2D eigenvalue weighted by molar-refractivity contribution is -0.150. The number of aliphatic hydroxyl groups is 2. The molecule has 0 aliphatic rings. The van der Waals surface area contributed by atoms with Crippen LogP contribution in [0.5, 0.6) is 0 Å². The van der Waals surface area contributed by atoms with E-state index in [9.17, 15) is 4.79 Å². The molecule has 5 nitrogen and oxygen atoms in total. The predicted octanol–water partition coefficient (Wildman–Crippen LogP) is -1.98. The zero-order chi connectivity index (χ0) is 7.11. The van der Waals surface area contributed by atoms with E-state index in [2.05, 4.69) is 10.1 Å². The third-order valence-corrected chi connectivity index (χ3v) is 0.607. The van der Waals surface area contributed by atoms with Crippen molar-refractivity contribution in [2.24, 2.45) is 0 Å². The van der Waals surface area contributed by atoms with Gasteiger partial charge in [0.2, 0.25) is 0 Å². The van der Waals surface area contributed by atoms with Gasteiger partial charge in [0.1, 0.15) is 0 Å². The van der Waals surface area contributed by atoms with Gasteiger partial charge >= 0.3 is 5.97 Å². The Morgan fingerprint density at radius 1 is 1.56 bits per heavy atom. The van der Waals surface area contributed by atoms with Gasteiger partial charge in [-0.05, 0) is 0 Å². The van der Waals surface area contributed by atoms with Crippen molar-refractivity contribution in [2.75, 3.05) is 20.1 Å². The summed E-state index contributed by atoms with van der Waals surface area (Å²) in [5, 5.41) is 18.4. The molecular weight excluding hydrogens is 126 g/mol. The SMILES string of the molecule is O=C(CNCO)OCO. The first-order valence-electron chi connectivity index (χ1n) is 2.39. The van der Waals surface area contributed by atoms with Crippen molar-refractivity contribution in [2.45, 2.75) is 0 Å². The summed E-state index contributed by atoms with van der Waals surface area (Å²) < 4.78 is 4.09. The van der Waals surface area contributed by atoms with E-state index in [0.717, 1.165) is 0 Å². The molecule has 0 saturated heterocycles. The highest BCUT2D eigenvalue weighted by molar-refractivity contribution is 5.71. The molecule has 0 aromatic rings. The predicted molar refractivity (Wildman–Crippen MR) is 28.3 cm³/mol. The van der Waals surface area contributed by atoms with Crippen LogP contribution in [0.4, 0.5) is 0 Å². The van der Waals surface area contributed by atoms with Gasteiger partial charge < -0.3 is 14.9 Å². The number of aliphatic hydroxyl groups excluding tert-OH is 2. The summed E-state index contributed by atoms with van der Waals surface area (Å²) in [5.41, 5.74) is 0. The lowest BCUT2D eigenvalue weighted by Crippen LogP contribution is -2.25. The summed E-state index contributed by atoms with van der Waals surface area (Å²) in [5.74, 6) is -0.591. The van der Waals surface area contributed by atoms with E-state index in [0.29, 0.717) is 0 Å². The molecule has 0 saturated carbocycles. The summed E-state index contributed by atoms with van der Waals surface area (Å²) in [6.45, 7) is -0.983. The molecule has 0 atom stereocenters. The van der Waals surface area contributed by atoms with Gasteiger partial charge in [-0.1, -0.05) is 0 Å². The zero-order valence-electron chi connectivity index (χ0n) is 4.83. The minimum atomic E-state index is -0.619. The second kappa shape index (κ2) is 5.49. The summed E-state index contributed by atoms with van der Waals surface area (Å²) in [4.78, 5) is 10.2. The highest BCUT2D eigenvalue weighted by atomic mass is 16.6. The maximum atomic E-state index is 10.2. The van der Waals surface area contributed by atoms with Gasteiger partial charge in [0.15, 0.2) is 6.79 Å². The number of nitrogens with one attached hydrogen (secondary N) is 1. The average Bonchev–Trinajstić information content (AvgIpc) is 1.85. The minimum Gasteiger partial charge on any atom is -0.438 e. The molecule has 54 valence electrons. The fraction of sp³-hybridized carbons (Fsp3) is 0.750. The smallest absolute Gasteiger partial charge is 0.322 e. The maximum Gasteiger partial charge on any atom is 0.322 e. The van der Waals surface area contributed by atoms with E-state index >= 15 is 0 Å². The van der Waals surface area contributed by atoms with Crippen LogP contribution in [-0.4, -0.2) is 36.3 Å². The third-order valence-electron chi connectivity index (χ3n) is 0.607. The molecule has 0 spiro atoms. The van der Waals surface area contributed by atoms with Crippen molar-refractivity contribution >= 4 is 5.97 Å². The Balaban J connectivity index is 3.06. The van der Waals surface area contributed by atoms with E-state index < -0.39 is 12.8 Å². The molecule has 0 aromatic heterocycles. The van der Waals surface area contributed by atoms with Crippen molar-refractivity contribution in [1.82, 2.24) is 5.32 Å². The van der Waals surface area contributed by atoms with Gasteiger partial charge in [-0.15, -0.1) is 0 Å². The van der Waals surface area contributed by atoms with Crippen molar-refractivity contribution in [3.63, 3.8) is 0 Å². The molecule has 0 aliphatic carbocycles. The van der Waals surface area contributed by atoms with Gasteiger partial charge in [-0.3, -0.25) is 10.1 Å². The standard InChI is InChI=1S/C4H9NO4/c6-2-5-1-4(8)9-3-7/h5-7H,1-3H2. The largest absolute Gasteiger partial charge is 0.438 e. The average molecular weight is 135 g/mol. The third kappa shape index (κ3) is 5.22. The summed E-state index contributed by atoms with van der Waals surface area (Å²) in [7, 11) is 0. The molecule has 3 N–H and O–H groups in total. The molecule has 0 aromatic carbocycles. The van der Waals surface area contributed by atoms with Crippen LogP contribution in [-0.2, 0) is 9.53 Å². The van der Waals surface area contributed by atoms with E-state index in [1.807, 2.05) is 0 Å². The molecule has 0 bridgehead atoms. The van der Waals surface area contributed by atoms with Crippen LogP contribution in [0.3, 0.4) is 0 Å². The highest BCUT2D eigenvalue weighted by Gasteiger charge is 1.97. The molecule has 0 unspecified atom stereocenters. The fourth-order valence-corrected chi connectivity index (χ4v) is 0.281. The lowest BCUT2D eigenvalue weighted by atomic mass is 10.7. The van der Waals surface area contributed by atoms with Crippen molar-refractivity contribution in [3.8, 4) is 0 Å². The van der Waals surface area contributed by atoms with E-state index in [4.69, 9.17) is 10.2 Å². The number of carbonyl (C=O) groups excluding carboxylic acids is 1. The second-order valence-corrected chi connectivity index (χ2v) is 1.23. The van der Waals surface area contributed by atoms with Crippen LogP contribution in [0.1, 0.15) is 0 Å². The number of carbonyl (C=O) groups is 1. The number of hydrogen-bond donors (Lipinski definition) is 3. The summed E-state index contributed by atoms with van der Waals surface area (Å²) in [6, 6.07) is 0. The Labute approximate surface area is 52.2 Å². The van der Waals surface area contributed by atoms with E-state index in [1.165, 1.54) is 0 Å². The molecular formula is C4H9NO4. The number of ether oxygens (including phenoxy) is 1. The zero-order valence-corrected chi connectivity index (χ0v) is 4.83. The van der Waals surface area contributed by atoms with Crippen LogP contribution >= 0.6 is 0 Å². The molecule has 0 fully saturated rings. The molecule has 0 aliphatic heterocycles. The first-order chi connectivity index (χ1) is 4.31. The van der Waals surface area contributed by atoms with Crippen LogP contribution in [0.25, 0.3) is 0 Å². The van der Waals surface area contributed by atoms with Crippen molar-refractivity contribution < 1.29 is 19.7 Å². The number of hydrogen-bond acceptors (Lipinski definition) is 5. The second-order valence-electron chi connectivity index (χ2n) is 1.23. The molecule has 0 radical (unpaired) electrons. The van der Waals surface area contributed by atoms with Crippen LogP contribution < -0.4 is 5.32 Å². The first kappa shape index (κ1) is 8.35.